The van der Waals surface area contributed by atoms with Crippen LogP contribution in [0.5, 0.6) is 0 Å². The summed E-state index contributed by atoms with van der Waals surface area (Å²) in [6, 6.07) is -0.0248. The average Bonchev–Trinajstić information content (AvgIpc) is 2.38. The average molecular weight is 214 g/mol. The van der Waals surface area contributed by atoms with Gasteiger partial charge < -0.3 is 15.4 Å². The van der Waals surface area contributed by atoms with Gasteiger partial charge in [0, 0.05) is 13.1 Å². The number of hydrogen-bond acceptors (Lipinski definition) is 3. The molecule has 2 N–H and O–H groups in total. The zero-order valence-corrected chi connectivity index (χ0v) is 9.71. The van der Waals surface area contributed by atoms with Crippen LogP contribution in [-0.2, 0) is 9.53 Å². The van der Waals surface area contributed by atoms with Crippen molar-refractivity contribution in [1.82, 2.24) is 10.6 Å². The molecule has 1 aliphatic heterocycles. The highest BCUT2D eigenvalue weighted by Gasteiger charge is 2.19. The zero-order valence-electron chi connectivity index (χ0n) is 9.71. The minimum Gasteiger partial charge on any atom is -0.377 e. The lowest BCUT2D eigenvalue weighted by molar-refractivity contribution is -0.122. The van der Waals surface area contributed by atoms with Gasteiger partial charge in [0.1, 0.15) is 0 Å². The maximum absolute atomic E-state index is 11.5. The molecule has 1 heterocycles. The third kappa shape index (κ3) is 5.14. The molecule has 0 radical (unpaired) electrons. The first-order valence-corrected chi connectivity index (χ1v) is 5.83. The molecule has 88 valence electrons. The topological polar surface area (TPSA) is 50.4 Å². The monoisotopic (exact) mass is 214 g/mol. The summed E-state index contributed by atoms with van der Waals surface area (Å²) in [6.45, 7) is 6.26. The Kier molecular flexibility index (Phi) is 5.65. The maximum Gasteiger partial charge on any atom is 0.237 e. The third-order valence-electron chi connectivity index (χ3n) is 2.48. The number of amides is 1. The van der Waals surface area contributed by atoms with Crippen molar-refractivity contribution in [3.8, 4) is 0 Å². The van der Waals surface area contributed by atoms with Crippen molar-refractivity contribution in [3.63, 3.8) is 0 Å². The molecule has 0 aliphatic carbocycles. The van der Waals surface area contributed by atoms with Crippen molar-refractivity contribution in [3.05, 3.63) is 0 Å². The van der Waals surface area contributed by atoms with E-state index in [0.717, 1.165) is 32.4 Å². The lowest BCUT2D eigenvalue weighted by atomic mass is 10.1. The lowest BCUT2D eigenvalue weighted by Gasteiger charge is -2.15. The fourth-order valence-electron chi connectivity index (χ4n) is 1.66. The van der Waals surface area contributed by atoms with Crippen molar-refractivity contribution >= 4 is 5.91 Å². The van der Waals surface area contributed by atoms with Gasteiger partial charge in [-0.1, -0.05) is 0 Å². The van der Waals surface area contributed by atoms with Crippen molar-refractivity contribution in [2.45, 2.75) is 45.3 Å². The Bertz CT molecular complexity index is 195. The second-order valence-corrected chi connectivity index (χ2v) is 4.21. The van der Waals surface area contributed by atoms with Gasteiger partial charge >= 0.3 is 0 Å². The lowest BCUT2D eigenvalue weighted by Crippen LogP contribution is -2.44. The van der Waals surface area contributed by atoms with Crippen LogP contribution in [0.15, 0.2) is 0 Å². The van der Waals surface area contributed by atoms with Crippen molar-refractivity contribution in [2.75, 3.05) is 19.7 Å². The summed E-state index contributed by atoms with van der Waals surface area (Å²) in [5.74, 6) is 0.136. The molecule has 1 unspecified atom stereocenters. The zero-order chi connectivity index (χ0) is 11.1. The van der Waals surface area contributed by atoms with Gasteiger partial charge in [0.2, 0.25) is 5.91 Å². The molecule has 0 saturated carbocycles. The standard InChI is InChI=1S/C11H22N2O2/c1-9(2)15-8-7-12-10-5-3-4-6-13-11(10)14/h9-10,12H,3-8H2,1-2H3,(H,13,14). The van der Waals surface area contributed by atoms with Gasteiger partial charge in [0.25, 0.3) is 0 Å². The molecule has 1 saturated heterocycles. The SMILES string of the molecule is CC(C)OCCNC1CCCCNC1=O. The summed E-state index contributed by atoms with van der Waals surface area (Å²) in [4.78, 5) is 11.5. The molecular weight excluding hydrogens is 192 g/mol. The number of nitrogens with one attached hydrogen (secondary N) is 2. The van der Waals surface area contributed by atoms with E-state index in [0.29, 0.717) is 6.61 Å². The number of carbonyl (C=O) groups is 1. The van der Waals surface area contributed by atoms with E-state index in [2.05, 4.69) is 10.6 Å². The van der Waals surface area contributed by atoms with Crippen molar-refractivity contribution in [1.29, 1.82) is 0 Å². The van der Waals surface area contributed by atoms with Gasteiger partial charge in [0.15, 0.2) is 0 Å². The molecule has 1 fully saturated rings. The third-order valence-corrected chi connectivity index (χ3v) is 2.48. The number of hydrogen-bond donors (Lipinski definition) is 2. The Labute approximate surface area is 91.8 Å². The molecule has 15 heavy (non-hydrogen) atoms. The minimum atomic E-state index is -0.0248. The van der Waals surface area contributed by atoms with E-state index in [-0.39, 0.29) is 18.1 Å². The first kappa shape index (κ1) is 12.5. The second kappa shape index (κ2) is 6.80. The van der Waals surface area contributed by atoms with E-state index in [1.807, 2.05) is 13.8 Å². The van der Waals surface area contributed by atoms with Crippen LogP contribution in [0.3, 0.4) is 0 Å². The van der Waals surface area contributed by atoms with Crippen molar-refractivity contribution in [2.24, 2.45) is 0 Å². The van der Waals surface area contributed by atoms with Crippen LogP contribution in [0.2, 0.25) is 0 Å². The van der Waals surface area contributed by atoms with Gasteiger partial charge in [-0.25, -0.2) is 0 Å². The van der Waals surface area contributed by atoms with Gasteiger partial charge in [-0.2, -0.15) is 0 Å². The van der Waals surface area contributed by atoms with Crippen LogP contribution in [-0.4, -0.2) is 37.7 Å². The molecule has 1 atom stereocenters. The van der Waals surface area contributed by atoms with Gasteiger partial charge in [0.05, 0.1) is 18.8 Å². The Morgan fingerprint density at radius 2 is 2.33 bits per heavy atom. The Morgan fingerprint density at radius 3 is 3.07 bits per heavy atom. The normalized spacial score (nSPS) is 22.6. The van der Waals surface area contributed by atoms with E-state index in [1.165, 1.54) is 0 Å². The first-order chi connectivity index (χ1) is 7.20. The van der Waals surface area contributed by atoms with Crippen molar-refractivity contribution < 1.29 is 9.53 Å². The maximum atomic E-state index is 11.5. The largest absolute Gasteiger partial charge is 0.377 e. The summed E-state index contributed by atoms with van der Waals surface area (Å²) >= 11 is 0. The highest BCUT2D eigenvalue weighted by Crippen LogP contribution is 2.04. The van der Waals surface area contributed by atoms with Crippen LogP contribution in [0.4, 0.5) is 0 Å². The molecule has 0 bridgehead atoms. The van der Waals surface area contributed by atoms with Crippen LogP contribution in [0.1, 0.15) is 33.1 Å². The predicted octanol–water partition coefficient (Wildman–Crippen LogP) is 0.670. The molecule has 0 spiro atoms. The number of carbonyl (C=O) groups excluding carboxylic acids is 1. The van der Waals surface area contributed by atoms with Crippen LogP contribution in [0, 0.1) is 0 Å². The molecule has 1 rings (SSSR count). The molecule has 0 aromatic rings. The van der Waals surface area contributed by atoms with Gasteiger partial charge in [-0.05, 0) is 33.1 Å². The van der Waals surface area contributed by atoms with E-state index in [1.54, 1.807) is 0 Å². The minimum absolute atomic E-state index is 0.0248. The first-order valence-electron chi connectivity index (χ1n) is 5.83. The van der Waals surface area contributed by atoms with Gasteiger partial charge in [-0.3, -0.25) is 4.79 Å². The number of ether oxygens (including phenoxy) is 1. The molecule has 0 aromatic heterocycles. The molecular formula is C11H22N2O2. The molecule has 1 amide bonds. The quantitative estimate of drug-likeness (QED) is 0.661. The summed E-state index contributed by atoms with van der Waals surface area (Å²) < 4.78 is 5.41. The van der Waals surface area contributed by atoms with Crippen LogP contribution < -0.4 is 10.6 Å². The van der Waals surface area contributed by atoms with E-state index in [4.69, 9.17) is 4.74 Å². The highest BCUT2D eigenvalue weighted by atomic mass is 16.5. The van der Waals surface area contributed by atoms with E-state index < -0.39 is 0 Å². The van der Waals surface area contributed by atoms with E-state index in [9.17, 15) is 4.79 Å². The molecule has 0 aromatic carbocycles. The summed E-state index contributed by atoms with van der Waals surface area (Å²) in [5.41, 5.74) is 0. The Hall–Kier alpha value is -0.610. The second-order valence-electron chi connectivity index (χ2n) is 4.21. The smallest absolute Gasteiger partial charge is 0.237 e. The highest BCUT2D eigenvalue weighted by molar-refractivity contribution is 5.81. The van der Waals surface area contributed by atoms with E-state index >= 15 is 0 Å². The van der Waals surface area contributed by atoms with Gasteiger partial charge in [-0.15, -0.1) is 0 Å². The number of rotatable bonds is 5. The Morgan fingerprint density at radius 1 is 1.53 bits per heavy atom. The fourth-order valence-corrected chi connectivity index (χ4v) is 1.66. The molecule has 4 heteroatoms. The summed E-state index contributed by atoms with van der Waals surface area (Å²) in [7, 11) is 0. The Balaban J connectivity index is 2.15. The molecule has 4 nitrogen and oxygen atoms in total. The molecule has 1 aliphatic rings. The fraction of sp³-hybridized carbons (Fsp3) is 0.909. The summed E-state index contributed by atoms with van der Waals surface area (Å²) in [6.07, 6.45) is 3.40. The van der Waals surface area contributed by atoms with Crippen LogP contribution in [0.25, 0.3) is 0 Å². The van der Waals surface area contributed by atoms with Crippen LogP contribution >= 0.6 is 0 Å². The summed E-state index contributed by atoms with van der Waals surface area (Å²) in [5, 5.41) is 6.13. The predicted molar refractivity (Wildman–Crippen MR) is 59.7 cm³/mol.